The Morgan fingerprint density at radius 3 is 2.38 bits per heavy atom. The molecule has 0 aliphatic carbocycles. The fraction of sp³-hybridized carbons (Fsp3) is 0.818. The van der Waals surface area contributed by atoms with Crippen LogP contribution in [0.2, 0.25) is 0 Å². The van der Waals surface area contributed by atoms with Crippen LogP contribution in [-0.4, -0.2) is 42.8 Å². The fourth-order valence-corrected chi connectivity index (χ4v) is 1.70. The first-order chi connectivity index (χ1) is 7.65. The van der Waals surface area contributed by atoms with Gasteiger partial charge in [-0.25, -0.2) is 0 Å². The molecular weight excluding hydrogens is 204 g/mol. The van der Waals surface area contributed by atoms with E-state index in [1.165, 1.54) is 0 Å². The van der Waals surface area contributed by atoms with E-state index in [2.05, 4.69) is 23.7 Å². The van der Waals surface area contributed by atoms with Crippen LogP contribution in [0.1, 0.15) is 33.1 Å². The third-order valence-electron chi connectivity index (χ3n) is 2.64. The fourth-order valence-electron chi connectivity index (χ4n) is 1.70. The molecule has 5 heteroatoms. The molecular formula is C11H24N4O. The van der Waals surface area contributed by atoms with Gasteiger partial charge in [-0.1, -0.05) is 13.8 Å². The molecule has 5 nitrogen and oxygen atoms in total. The van der Waals surface area contributed by atoms with Crippen LogP contribution in [0, 0.1) is 0 Å². The van der Waals surface area contributed by atoms with Crippen molar-refractivity contribution < 1.29 is 4.79 Å². The van der Waals surface area contributed by atoms with Crippen LogP contribution in [0.3, 0.4) is 0 Å². The number of hydrogen-bond donors (Lipinski definition) is 2. The Hall–Kier alpha value is -1.10. The Bertz CT molecular complexity index is 210. The number of aliphatic imine (C=N–C) groups is 1. The Kier molecular flexibility index (Phi) is 8.52. The molecule has 0 heterocycles. The molecule has 0 rings (SSSR count). The van der Waals surface area contributed by atoms with Crippen LogP contribution in [0.4, 0.5) is 0 Å². The molecule has 0 unspecified atom stereocenters. The van der Waals surface area contributed by atoms with Gasteiger partial charge in [-0.2, -0.15) is 0 Å². The van der Waals surface area contributed by atoms with Crippen LogP contribution in [-0.2, 0) is 4.79 Å². The molecule has 0 fully saturated rings. The Morgan fingerprint density at radius 2 is 1.94 bits per heavy atom. The molecule has 0 aliphatic rings. The standard InChI is InChI=1S/C11H24N4O/c1-3-15(4-2)10(9-16)7-5-6-8-14-11(12)13/h9-10H,3-8H2,1-2H3,(H4,12,13,14)/t10-/m0/s1. The van der Waals surface area contributed by atoms with Gasteiger partial charge in [-0.15, -0.1) is 0 Å². The maximum absolute atomic E-state index is 10.9. The first-order valence-corrected chi connectivity index (χ1v) is 5.90. The van der Waals surface area contributed by atoms with E-state index in [0.29, 0.717) is 6.54 Å². The molecule has 0 spiro atoms. The van der Waals surface area contributed by atoms with Crippen molar-refractivity contribution in [2.45, 2.75) is 39.2 Å². The molecule has 0 saturated heterocycles. The normalized spacial score (nSPS) is 12.4. The number of carbonyl (C=O) groups excluding carboxylic acids is 1. The van der Waals surface area contributed by atoms with Crippen molar-refractivity contribution in [2.75, 3.05) is 19.6 Å². The highest BCUT2D eigenvalue weighted by molar-refractivity contribution is 5.75. The molecule has 0 bridgehead atoms. The van der Waals surface area contributed by atoms with Crippen molar-refractivity contribution >= 4 is 12.2 Å². The van der Waals surface area contributed by atoms with E-state index in [1.54, 1.807) is 0 Å². The van der Waals surface area contributed by atoms with Crippen molar-refractivity contribution in [3.8, 4) is 0 Å². The predicted octanol–water partition coefficient (Wildman–Crippen LogP) is 0.339. The summed E-state index contributed by atoms with van der Waals surface area (Å²) in [5, 5.41) is 0. The molecule has 16 heavy (non-hydrogen) atoms. The third-order valence-corrected chi connectivity index (χ3v) is 2.64. The van der Waals surface area contributed by atoms with Gasteiger partial charge in [0.15, 0.2) is 5.96 Å². The van der Waals surface area contributed by atoms with Crippen molar-refractivity contribution in [1.29, 1.82) is 0 Å². The lowest BCUT2D eigenvalue weighted by molar-refractivity contribution is -0.112. The Labute approximate surface area is 97.9 Å². The number of hydrogen-bond acceptors (Lipinski definition) is 3. The number of unbranched alkanes of at least 4 members (excludes halogenated alkanes) is 1. The number of carbonyl (C=O) groups is 1. The molecule has 0 aromatic heterocycles. The lowest BCUT2D eigenvalue weighted by Gasteiger charge is -2.24. The summed E-state index contributed by atoms with van der Waals surface area (Å²) in [6.07, 6.45) is 3.80. The van der Waals surface area contributed by atoms with Crippen LogP contribution < -0.4 is 11.5 Å². The lowest BCUT2D eigenvalue weighted by atomic mass is 10.1. The smallest absolute Gasteiger partial charge is 0.185 e. The van der Waals surface area contributed by atoms with Crippen LogP contribution in [0.25, 0.3) is 0 Å². The number of aldehydes is 1. The SMILES string of the molecule is CCN(CC)[C@H](C=O)CCCCN=C(N)N. The second kappa shape index (κ2) is 9.15. The Balaban J connectivity index is 3.79. The van der Waals surface area contributed by atoms with Gasteiger partial charge in [0, 0.05) is 6.54 Å². The van der Waals surface area contributed by atoms with Gasteiger partial charge in [0.2, 0.25) is 0 Å². The molecule has 94 valence electrons. The van der Waals surface area contributed by atoms with Crippen molar-refractivity contribution in [3.63, 3.8) is 0 Å². The quantitative estimate of drug-likeness (QED) is 0.258. The molecule has 0 aliphatic heterocycles. The highest BCUT2D eigenvalue weighted by Gasteiger charge is 2.13. The van der Waals surface area contributed by atoms with Crippen LogP contribution in [0.15, 0.2) is 4.99 Å². The average molecular weight is 228 g/mol. The lowest BCUT2D eigenvalue weighted by Crippen LogP contribution is -2.36. The van der Waals surface area contributed by atoms with E-state index in [0.717, 1.165) is 38.6 Å². The minimum atomic E-state index is 0.0363. The average Bonchev–Trinajstić information content (AvgIpc) is 2.27. The van der Waals surface area contributed by atoms with Crippen LogP contribution >= 0.6 is 0 Å². The number of nitrogens with two attached hydrogens (primary N) is 2. The molecule has 0 amide bonds. The van der Waals surface area contributed by atoms with Gasteiger partial charge in [0.05, 0.1) is 6.04 Å². The first kappa shape index (κ1) is 14.9. The highest BCUT2D eigenvalue weighted by Crippen LogP contribution is 2.06. The molecule has 0 aromatic rings. The maximum atomic E-state index is 10.9. The summed E-state index contributed by atoms with van der Waals surface area (Å²) >= 11 is 0. The summed E-state index contributed by atoms with van der Waals surface area (Å²) in [5.74, 6) is 0.135. The predicted molar refractivity (Wildman–Crippen MR) is 67.3 cm³/mol. The minimum absolute atomic E-state index is 0.0363. The van der Waals surface area contributed by atoms with Gasteiger partial charge < -0.3 is 16.3 Å². The van der Waals surface area contributed by atoms with E-state index in [1.807, 2.05) is 0 Å². The van der Waals surface area contributed by atoms with Gasteiger partial charge >= 0.3 is 0 Å². The number of nitrogens with zero attached hydrogens (tertiary/aromatic N) is 2. The minimum Gasteiger partial charge on any atom is -0.370 e. The summed E-state index contributed by atoms with van der Waals surface area (Å²) in [6, 6.07) is 0.0363. The Morgan fingerprint density at radius 1 is 1.31 bits per heavy atom. The summed E-state index contributed by atoms with van der Waals surface area (Å²) in [5.41, 5.74) is 10.4. The summed E-state index contributed by atoms with van der Waals surface area (Å²) in [7, 11) is 0. The van der Waals surface area contributed by atoms with Crippen molar-refractivity contribution in [3.05, 3.63) is 0 Å². The molecule has 0 aromatic carbocycles. The second-order valence-corrected chi connectivity index (χ2v) is 3.73. The topological polar surface area (TPSA) is 84.7 Å². The third kappa shape index (κ3) is 6.40. The number of rotatable bonds is 9. The zero-order valence-electron chi connectivity index (χ0n) is 10.4. The summed E-state index contributed by atoms with van der Waals surface area (Å²) in [4.78, 5) is 17.0. The number of likely N-dealkylation sites (N-methyl/N-ethyl adjacent to an activating group) is 1. The largest absolute Gasteiger partial charge is 0.370 e. The molecule has 0 saturated carbocycles. The van der Waals surface area contributed by atoms with E-state index in [9.17, 15) is 4.79 Å². The van der Waals surface area contributed by atoms with E-state index in [4.69, 9.17) is 11.5 Å². The monoisotopic (exact) mass is 228 g/mol. The molecule has 0 radical (unpaired) electrons. The van der Waals surface area contributed by atoms with Gasteiger partial charge in [0.1, 0.15) is 6.29 Å². The van der Waals surface area contributed by atoms with E-state index < -0.39 is 0 Å². The second-order valence-electron chi connectivity index (χ2n) is 3.73. The van der Waals surface area contributed by atoms with Gasteiger partial charge in [-0.05, 0) is 32.4 Å². The van der Waals surface area contributed by atoms with E-state index in [-0.39, 0.29) is 12.0 Å². The summed E-state index contributed by atoms with van der Waals surface area (Å²) < 4.78 is 0. The van der Waals surface area contributed by atoms with Gasteiger partial charge in [-0.3, -0.25) is 9.89 Å². The zero-order chi connectivity index (χ0) is 12.4. The van der Waals surface area contributed by atoms with Gasteiger partial charge in [0.25, 0.3) is 0 Å². The van der Waals surface area contributed by atoms with Crippen LogP contribution in [0.5, 0.6) is 0 Å². The maximum Gasteiger partial charge on any atom is 0.185 e. The highest BCUT2D eigenvalue weighted by atomic mass is 16.1. The number of guanidine groups is 1. The zero-order valence-corrected chi connectivity index (χ0v) is 10.4. The summed E-state index contributed by atoms with van der Waals surface area (Å²) in [6.45, 7) is 6.60. The molecule has 4 N–H and O–H groups in total. The van der Waals surface area contributed by atoms with Crippen molar-refractivity contribution in [1.82, 2.24) is 4.90 Å². The molecule has 1 atom stereocenters. The first-order valence-electron chi connectivity index (χ1n) is 5.90. The van der Waals surface area contributed by atoms with E-state index >= 15 is 0 Å². The van der Waals surface area contributed by atoms with Crippen molar-refractivity contribution in [2.24, 2.45) is 16.5 Å².